The first-order chi connectivity index (χ1) is 12.7. The summed E-state index contributed by atoms with van der Waals surface area (Å²) in [6.45, 7) is 4.88. The first-order valence-electron chi connectivity index (χ1n) is 8.97. The summed E-state index contributed by atoms with van der Waals surface area (Å²) < 4.78 is 11.1. The van der Waals surface area contributed by atoms with Crippen LogP contribution in [0.3, 0.4) is 0 Å². The molecule has 3 N–H and O–H groups in total. The maximum Gasteiger partial charge on any atom is 0.252 e. The number of ether oxygens (including phenoxy) is 2. The number of carbonyl (C=O) groups is 1. The third-order valence-electron chi connectivity index (χ3n) is 4.22. The molecule has 3 rings (SSSR count). The van der Waals surface area contributed by atoms with Gasteiger partial charge in [-0.2, -0.15) is 0 Å². The zero-order chi connectivity index (χ0) is 18.4. The number of nitrogens with one attached hydrogen (secondary N) is 3. The maximum absolute atomic E-state index is 12.6. The molecule has 2 aromatic rings. The molecule has 138 valence electrons. The van der Waals surface area contributed by atoms with Gasteiger partial charge in [0.25, 0.3) is 5.91 Å². The zero-order valence-electron chi connectivity index (χ0n) is 15.1. The molecule has 26 heavy (non-hydrogen) atoms. The molecule has 1 fully saturated rings. The van der Waals surface area contributed by atoms with E-state index in [9.17, 15) is 4.79 Å². The minimum absolute atomic E-state index is 0.144. The average Bonchev–Trinajstić information content (AvgIpc) is 3.13. The van der Waals surface area contributed by atoms with E-state index in [0.717, 1.165) is 6.42 Å². The summed E-state index contributed by atoms with van der Waals surface area (Å²) >= 11 is 0. The Morgan fingerprint density at radius 2 is 1.77 bits per heavy atom. The molecule has 0 aliphatic carbocycles. The van der Waals surface area contributed by atoms with Crippen LogP contribution >= 0.6 is 0 Å². The number of benzene rings is 2. The van der Waals surface area contributed by atoms with Crippen molar-refractivity contribution in [2.75, 3.05) is 13.2 Å². The molecule has 1 saturated heterocycles. The lowest BCUT2D eigenvalue weighted by molar-refractivity contribution is 0.0931. The van der Waals surface area contributed by atoms with Crippen LogP contribution in [0.25, 0.3) is 0 Å². The molecule has 2 unspecified atom stereocenters. The summed E-state index contributed by atoms with van der Waals surface area (Å²) in [5.74, 6) is 1.08. The summed E-state index contributed by atoms with van der Waals surface area (Å²) in [6.07, 6.45) is 0.625. The largest absolute Gasteiger partial charge is 0.490 e. The molecule has 6 nitrogen and oxygen atoms in total. The second kappa shape index (κ2) is 8.69. The highest BCUT2D eigenvalue weighted by Crippen LogP contribution is 2.29. The van der Waals surface area contributed by atoms with Crippen molar-refractivity contribution >= 4 is 5.91 Å². The zero-order valence-corrected chi connectivity index (χ0v) is 15.1. The van der Waals surface area contributed by atoms with E-state index in [2.05, 4.69) is 28.3 Å². The standard InChI is InChI=1S/C20H25N3O3/c1-3-25-17-11-10-15(12-18(17)26-4-2)20(24)21-19-13-16(22-23-19)14-8-6-5-7-9-14/h5-12,16,19,22-23H,3-4,13H2,1-2H3,(H,21,24). The number of carbonyl (C=O) groups excluding carboxylic acids is 1. The van der Waals surface area contributed by atoms with Gasteiger partial charge in [-0.25, -0.2) is 10.9 Å². The Morgan fingerprint density at radius 3 is 2.50 bits per heavy atom. The third-order valence-corrected chi connectivity index (χ3v) is 4.22. The van der Waals surface area contributed by atoms with Crippen molar-refractivity contribution in [3.8, 4) is 11.5 Å². The molecule has 2 aromatic carbocycles. The van der Waals surface area contributed by atoms with Gasteiger partial charge in [0, 0.05) is 18.0 Å². The summed E-state index contributed by atoms with van der Waals surface area (Å²) in [5, 5.41) is 3.01. The van der Waals surface area contributed by atoms with E-state index >= 15 is 0 Å². The van der Waals surface area contributed by atoms with Crippen molar-refractivity contribution in [2.24, 2.45) is 0 Å². The molecule has 0 radical (unpaired) electrons. The van der Waals surface area contributed by atoms with Gasteiger partial charge < -0.3 is 14.8 Å². The highest BCUT2D eigenvalue weighted by Gasteiger charge is 2.26. The molecule has 0 saturated carbocycles. The molecule has 1 aliphatic rings. The SMILES string of the molecule is CCOc1ccc(C(=O)NC2CC(c3ccccc3)NN2)cc1OCC. The normalized spacial score (nSPS) is 19.2. The topological polar surface area (TPSA) is 71.6 Å². The average molecular weight is 355 g/mol. The second-order valence-corrected chi connectivity index (χ2v) is 6.04. The Hall–Kier alpha value is -2.57. The van der Waals surface area contributed by atoms with E-state index in [1.807, 2.05) is 32.0 Å². The Morgan fingerprint density at radius 1 is 1.04 bits per heavy atom. The third kappa shape index (κ3) is 4.33. The predicted octanol–water partition coefficient (Wildman–Crippen LogP) is 2.78. The minimum Gasteiger partial charge on any atom is -0.490 e. The quantitative estimate of drug-likeness (QED) is 0.712. The van der Waals surface area contributed by atoms with Gasteiger partial charge in [-0.05, 0) is 37.6 Å². The van der Waals surface area contributed by atoms with Gasteiger partial charge in [0.1, 0.15) is 0 Å². The fourth-order valence-corrected chi connectivity index (χ4v) is 2.99. The second-order valence-electron chi connectivity index (χ2n) is 6.04. The van der Waals surface area contributed by atoms with E-state index in [1.165, 1.54) is 5.56 Å². The van der Waals surface area contributed by atoms with E-state index in [-0.39, 0.29) is 18.1 Å². The first kappa shape index (κ1) is 18.2. The van der Waals surface area contributed by atoms with Crippen LogP contribution in [-0.4, -0.2) is 25.3 Å². The lowest BCUT2D eigenvalue weighted by Gasteiger charge is -2.15. The molecular formula is C20H25N3O3. The fraction of sp³-hybridized carbons (Fsp3) is 0.350. The molecule has 6 heteroatoms. The molecular weight excluding hydrogens is 330 g/mol. The van der Waals surface area contributed by atoms with Crippen molar-refractivity contribution in [1.82, 2.24) is 16.2 Å². The van der Waals surface area contributed by atoms with Gasteiger partial charge >= 0.3 is 0 Å². The number of amides is 1. The summed E-state index contributed by atoms with van der Waals surface area (Å²) in [4.78, 5) is 12.6. The van der Waals surface area contributed by atoms with Gasteiger partial charge in [0.05, 0.1) is 19.4 Å². The molecule has 1 aliphatic heterocycles. The summed E-state index contributed by atoms with van der Waals surface area (Å²) in [5.41, 5.74) is 8.10. The highest BCUT2D eigenvalue weighted by atomic mass is 16.5. The van der Waals surface area contributed by atoms with Crippen LogP contribution < -0.4 is 25.6 Å². The van der Waals surface area contributed by atoms with Crippen molar-refractivity contribution in [1.29, 1.82) is 0 Å². The van der Waals surface area contributed by atoms with Crippen LogP contribution in [0.1, 0.15) is 42.2 Å². The van der Waals surface area contributed by atoms with Crippen molar-refractivity contribution < 1.29 is 14.3 Å². The van der Waals surface area contributed by atoms with E-state index in [0.29, 0.717) is 30.3 Å². The number of rotatable bonds is 7. The van der Waals surface area contributed by atoms with Gasteiger partial charge in [0.2, 0.25) is 0 Å². The highest BCUT2D eigenvalue weighted by molar-refractivity contribution is 5.95. The Kier molecular flexibility index (Phi) is 6.09. The van der Waals surface area contributed by atoms with Crippen LogP contribution in [-0.2, 0) is 0 Å². The number of hydrogen-bond donors (Lipinski definition) is 3. The predicted molar refractivity (Wildman–Crippen MR) is 100 cm³/mol. The van der Waals surface area contributed by atoms with Crippen LogP contribution in [0.2, 0.25) is 0 Å². The Balaban J connectivity index is 1.64. The van der Waals surface area contributed by atoms with E-state index < -0.39 is 0 Å². The molecule has 1 amide bonds. The van der Waals surface area contributed by atoms with Crippen LogP contribution in [0.4, 0.5) is 0 Å². The van der Waals surface area contributed by atoms with Crippen molar-refractivity contribution in [2.45, 2.75) is 32.5 Å². The van der Waals surface area contributed by atoms with Gasteiger partial charge in [-0.15, -0.1) is 0 Å². The van der Waals surface area contributed by atoms with Gasteiger partial charge in [0.15, 0.2) is 11.5 Å². The van der Waals surface area contributed by atoms with Gasteiger partial charge in [-0.3, -0.25) is 4.79 Å². The fourth-order valence-electron chi connectivity index (χ4n) is 2.99. The molecule has 2 atom stereocenters. The Labute approximate surface area is 153 Å². The number of hydrogen-bond acceptors (Lipinski definition) is 5. The molecule has 0 aromatic heterocycles. The number of hydrazine groups is 1. The van der Waals surface area contributed by atoms with E-state index in [4.69, 9.17) is 9.47 Å². The summed E-state index contributed by atoms with van der Waals surface area (Å²) in [7, 11) is 0. The van der Waals surface area contributed by atoms with Crippen LogP contribution in [0.15, 0.2) is 48.5 Å². The smallest absolute Gasteiger partial charge is 0.252 e. The van der Waals surface area contributed by atoms with Gasteiger partial charge in [-0.1, -0.05) is 30.3 Å². The van der Waals surface area contributed by atoms with Crippen molar-refractivity contribution in [3.05, 3.63) is 59.7 Å². The maximum atomic E-state index is 12.6. The van der Waals surface area contributed by atoms with Crippen molar-refractivity contribution in [3.63, 3.8) is 0 Å². The monoisotopic (exact) mass is 355 g/mol. The van der Waals surface area contributed by atoms with E-state index in [1.54, 1.807) is 18.2 Å². The molecule has 1 heterocycles. The van der Waals surface area contributed by atoms with Crippen LogP contribution in [0, 0.1) is 0 Å². The lowest BCUT2D eigenvalue weighted by Crippen LogP contribution is -2.44. The molecule has 0 bridgehead atoms. The lowest BCUT2D eigenvalue weighted by atomic mass is 10.0. The Bertz CT molecular complexity index is 736. The first-order valence-corrected chi connectivity index (χ1v) is 8.97. The minimum atomic E-state index is -0.151. The molecule has 0 spiro atoms. The summed E-state index contributed by atoms with van der Waals surface area (Å²) in [6, 6.07) is 15.6. The van der Waals surface area contributed by atoms with Crippen LogP contribution in [0.5, 0.6) is 11.5 Å².